The fourth-order valence-electron chi connectivity index (χ4n) is 4.23. The van der Waals surface area contributed by atoms with Gasteiger partial charge in [-0.3, -0.25) is 14.7 Å². The number of hydrogen-bond donors (Lipinski definition) is 1. The molecule has 2 aromatic carbocycles. The standard InChI is InChI=1S/C23H18ClN3O3/c1-30-20-5-3-2-4-16(20)13-10-17-18(19(28)11-13)12-25-22-21(17)23(29)27(26-22)15-8-6-14(24)7-9-15/h2-9,12-13H,10-11H2,1H3,(H,25,26)/t13-/m1/s1. The lowest BCUT2D eigenvalue weighted by Crippen LogP contribution is -2.22. The molecule has 4 aromatic rings. The smallest absolute Gasteiger partial charge is 0.281 e. The lowest BCUT2D eigenvalue weighted by Gasteiger charge is -2.25. The molecule has 2 heterocycles. The van der Waals surface area contributed by atoms with Crippen LogP contribution >= 0.6 is 11.6 Å². The Morgan fingerprint density at radius 3 is 2.63 bits per heavy atom. The summed E-state index contributed by atoms with van der Waals surface area (Å²) in [4.78, 5) is 30.6. The average molecular weight is 420 g/mol. The summed E-state index contributed by atoms with van der Waals surface area (Å²) in [6.07, 6.45) is 2.49. The first-order valence-corrected chi connectivity index (χ1v) is 9.99. The highest BCUT2D eigenvalue weighted by Crippen LogP contribution is 2.38. The average Bonchev–Trinajstić information content (AvgIpc) is 3.11. The van der Waals surface area contributed by atoms with Gasteiger partial charge in [-0.05, 0) is 53.8 Å². The van der Waals surface area contributed by atoms with E-state index >= 15 is 0 Å². The molecule has 2 aromatic heterocycles. The molecule has 30 heavy (non-hydrogen) atoms. The van der Waals surface area contributed by atoms with Crippen molar-refractivity contribution in [1.29, 1.82) is 0 Å². The molecule has 0 unspecified atom stereocenters. The first kappa shape index (κ1) is 18.6. The van der Waals surface area contributed by atoms with Gasteiger partial charge in [0.05, 0.1) is 18.2 Å². The summed E-state index contributed by atoms with van der Waals surface area (Å²) in [6.45, 7) is 0. The first-order chi connectivity index (χ1) is 14.6. The number of carbonyl (C=O) groups excluding carboxylic acids is 1. The summed E-state index contributed by atoms with van der Waals surface area (Å²) < 4.78 is 6.93. The van der Waals surface area contributed by atoms with E-state index in [4.69, 9.17) is 16.3 Å². The van der Waals surface area contributed by atoms with Crippen LogP contribution in [-0.2, 0) is 6.42 Å². The largest absolute Gasteiger partial charge is 0.496 e. The number of Topliss-reactive ketones (excluding diaryl/α,β-unsaturated/α-hetero) is 1. The van der Waals surface area contributed by atoms with E-state index < -0.39 is 0 Å². The molecule has 0 bridgehead atoms. The number of nitrogens with zero attached hydrogens (tertiary/aromatic N) is 2. The molecule has 0 spiro atoms. The van der Waals surface area contributed by atoms with Crippen LogP contribution in [0.3, 0.4) is 0 Å². The maximum absolute atomic E-state index is 13.3. The highest BCUT2D eigenvalue weighted by molar-refractivity contribution is 6.30. The molecule has 7 heteroatoms. The van der Waals surface area contributed by atoms with Crippen molar-refractivity contribution < 1.29 is 9.53 Å². The van der Waals surface area contributed by atoms with Crippen LogP contribution in [0.5, 0.6) is 5.75 Å². The quantitative estimate of drug-likeness (QED) is 0.537. The summed E-state index contributed by atoms with van der Waals surface area (Å²) in [7, 11) is 1.62. The van der Waals surface area contributed by atoms with Crippen molar-refractivity contribution in [2.75, 3.05) is 7.11 Å². The zero-order valence-corrected chi connectivity index (χ0v) is 16.9. The monoisotopic (exact) mass is 419 g/mol. The Kier molecular flexibility index (Phi) is 4.44. The number of pyridine rings is 1. The SMILES string of the molecule is COc1ccccc1[C@H]1CC(=O)c2cnc3[nH]n(-c4ccc(Cl)cc4)c(=O)c3c2C1. The number of fused-ring (bicyclic) bond motifs is 3. The molecule has 1 aliphatic carbocycles. The molecule has 1 atom stereocenters. The van der Waals surface area contributed by atoms with Crippen LogP contribution in [0.1, 0.15) is 33.8 Å². The van der Waals surface area contributed by atoms with Crippen LogP contribution in [0.2, 0.25) is 5.02 Å². The Hall–Kier alpha value is -3.38. The van der Waals surface area contributed by atoms with Crippen LogP contribution < -0.4 is 10.3 Å². The van der Waals surface area contributed by atoms with Gasteiger partial charge in [0, 0.05) is 23.2 Å². The van der Waals surface area contributed by atoms with Crippen molar-refractivity contribution in [1.82, 2.24) is 14.8 Å². The van der Waals surface area contributed by atoms with E-state index in [0.29, 0.717) is 40.1 Å². The van der Waals surface area contributed by atoms with Crippen molar-refractivity contribution in [2.45, 2.75) is 18.8 Å². The highest BCUT2D eigenvalue weighted by Gasteiger charge is 2.31. The minimum absolute atomic E-state index is 0.0137. The topological polar surface area (TPSA) is 77.0 Å². The van der Waals surface area contributed by atoms with Crippen molar-refractivity contribution in [3.63, 3.8) is 0 Å². The fourth-order valence-corrected chi connectivity index (χ4v) is 4.36. The third kappa shape index (κ3) is 2.92. The molecule has 0 saturated heterocycles. The number of carbonyl (C=O) groups is 1. The number of para-hydroxylation sites is 1. The predicted octanol–water partition coefficient (Wildman–Crippen LogP) is 4.29. The molecule has 0 saturated carbocycles. The molecule has 150 valence electrons. The molecule has 0 fully saturated rings. The molecule has 6 nitrogen and oxygen atoms in total. The number of methoxy groups -OCH3 is 1. The van der Waals surface area contributed by atoms with Gasteiger partial charge >= 0.3 is 0 Å². The summed E-state index contributed by atoms with van der Waals surface area (Å²) in [6, 6.07) is 14.7. The van der Waals surface area contributed by atoms with Crippen molar-refractivity contribution in [3.8, 4) is 11.4 Å². The highest BCUT2D eigenvalue weighted by atomic mass is 35.5. The van der Waals surface area contributed by atoms with E-state index in [0.717, 1.165) is 16.9 Å². The number of aromatic amines is 1. The Balaban J connectivity index is 1.67. The number of ketones is 1. The Labute approximate surface area is 177 Å². The molecule has 0 aliphatic heterocycles. The lowest BCUT2D eigenvalue weighted by atomic mass is 9.79. The molecular weight excluding hydrogens is 402 g/mol. The van der Waals surface area contributed by atoms with Crippen LogP contribution in [0.15, 0.2) is 59.5 Å². The number of rotatable bonds is 3. The van der Waals surface area contributed by atoms with Gasteiger partial charge in [-0.2, -0.15) is 0 Å². The molecule has 1 aliphatic rings. The van der Waals surface area contributed by atoms with Gasteiger partial charge < -0.3 is 4.74 Å². The number of halogens is 1. The van der Waals surface area contributed by atoms with Crippen LogP contribution in [-0.4, -0.2) is 27.7 Å². The molecule has 0 amide bonds. The Bertz CT molecular complexity index is 1340. The Morgan fingerprint density at radius 1 is 1.10 bits per heavy atom. The first-order valence-electron chi connectivity index (χ1n) is 9.61. The fraction of sp³-hybridized carbons (Fsp3) is 0.174. The zero-order chi connectivity index (χ0) is 20.8. The summed E-state index contributed by atoms with van der Waals surface area (Å²) in [5, 5.41) is 4.10. The van der Waals surface area contributed by atoms with Crippen molar-refractivity contribution in [2.24, 2.45) is 0 Å². The van der Waals surface area contributed by atoms with Gasteiger partial charge in [-0.25, -0.2) is 9.67 Å². The van der Waals surface area contributed by atoms with Gasteiger partial charge in [-0.15, -0.1) is 0 Å². The van der Waals surface area contributed by atoms with E-state index in [-0.39, 0.29) is 17.3 Å². The minimum atomic E-state index is -0.231. The zero-order valence-electron chi connectivity index (χ0n) is 16.2. The van der Waals surface area contributed by atoms with Crippen molar-refractivity contribution >= 4 is 28.4 Å². The second-order valence-electron chi connectivity index (χ2n) is 7.37. The van der Waals surface area contributed by atoms with Crippen LogP contribution in [0.4, 0.5) is 0 Å². The predicted molar refractivity (Wildman–Crippen MR) is 115 cm³/mol. The van der Waals surface area contributed by atoms with E-state index in [1.807, 2.05) is 24.3 Å². The third-order valence-electron chi connectivity index (χ3n) is 5.67. The number of nitrogens with one attached hydrogen (secondary N) is 1. The van der Waals surface area contributed by atoms with Crippen LogP contribution in [0, 0.1) is 0 Å². The van der Waals surface area contributed by atoms with Gasteiger partial charge in [0.1, 0.15) is 5.75 Å². The number of H-pyrrole nitrogens is 1. The minimum Gasteiger partial charge on any atom is -0.496 e. The maximum Gasteiger partial charge on any atom is 0.281 e. The summed E-state index contributed by atoms with van der Waals surface area (Å²) >= 11 is 5.97. The maximum atomic E-state index is 13.3. The van der Waals surface area contributed by atoms with E-state index in [1.165, 1.54) is 4.68 Å². The van der Waals surface area contributed by atoms with Gasteiger partial charge in [-0.1, -0.05) is 29.8 Å². The Morgan fingerprint density at radius 2 is 1.87 bits per heavy atom. The molecular formula is C23H18ClN3O3. The number of benzene rings is 2. The van der Waals surface area contributed by atoms with E-state index in [1.54, 1.807) is 37.6 Å². The van der Waals surface area contributed by atoms with E-state index in [2.05, 4.69) is 10.1 Å². The number of ether oxygens (including phenoxy) is 1. The van der Waals surface area contributed by atoms with Gasteiger partial charge in [0.25, 0.3) is 5.56 Å². The lowest BCUT2D eigenvalue weighted by molar-refractivity contribution is 0.0964. The third-order valence-corrected chi connectivity index (χ3v) is 5.92. The normalized spacial score (nSPS) is 15.9. The van der Waals surface area contributed by atoms with Gasteiger partial charge in [0.15, 0.2) is 11.4 Å². The van der Waals surface area contributed by atoms with E-state index in [9.17, 15) is 9.59 Å². The molecule has 0 radical (unpaired) electrons. The van der Waals surface area contributed by atoms with Gasteiger partial charge in [0.2, 0.25) is 0 Å². The number of hydrogen-bond acceptors (Lipinski definition) is 4. The summed E-state index contributed by atoms with van der Waals surface area (Å²) in [5.74, 6) is 0.668. The second kappa shape index (κ2) is 7.15. The second-order valence-corrected chi connectivity index (χ2v) is 7.81. The number of aromatic nitrogens is 3. The molecule has 5 rings (SSSR count). The molecule has 1 N–H and O–H groups in total. The van der Waals surface area contributed by atoms with Crippen LogP contribution in [0.25, 0.3) is 16.7 Å². The van der Waals surface area contributed by atoms with Crippen molar-refractivity contribution in [3.05, 3.63) is 86.8 Å². The summed E-state index contributed by atoms with van der Waals surface area (Å²) in [5.41, 5.74) is 3.11.